The van der Waals surface area contributed by atoms with Gasteiger partial charge in [0.15, 0.2) is 0 Å². The summed E-state index contributed by atoms with van der Waals surface area (Å²) in [6.45, 7) is 3.80. The van der Waals surface area contributed by atoms with Crippen LogP contribution in [0, 0.1) is 12.7 Å². The molecule has 2 saturated heterocycles. The highest BCUT2D eigenvalue weighted by atomic mass is 32.1. The van der Waals surface area contributed by atoms with E-state index in [9.17, 15) is 9.18 Å². The fraction of sp³-hybridized carbons (Fsp3) is 0.450. The molecule has 4 rings (SSSR count). The van der Waals surface area contributed by atoms with Gasteiger partial charge in [0, 0.05) is 29.4 Å². The molecule has 0 radical (unpaired) electrons. The maximum absolute atomic E-state index is 13.3. The lowest BCUT2D eigenvalue weighted by Crippen LogP contribution is -2.50. The molecule has 0 aliphatic carbocycles. The van der Waals surface area contributed by atoms with Crippen molar-refractivity contribution in [3.05, 3.63) is 57.5 Å². The Morgan fingerprint density at radius 2 is 1.96 bits per heavy atom. The van der Waals surface area contributed by atoms with Crippen LogP contribution in [0.5, 0.6) is 0 Å². The van der Waals surface area contributed by atoms with Crippen molar-refractivity contribution in [1.29, 1.82) is 0 Å². The number of thiophene rings is 1. The van der Waals surface area contributed by atoms with E-state index in [0.717, 1.165) is 34.7 Å². The van der Waals surface area contributed by atoms with Gasteiger partial charge in [0.05, 0.1) is 4.88 Å². The molecule has 1 aromatic heterocycles. The van der Waals surface area contributed by atoms with E-state index in [2.05, 4.69) is 16.8 Å². The Kier molecular flexibility index (Phi) is 4.38. The number of nitrogens with zero attached hydrogens (tertiary/aromatic N) is 2. The number of hydrogen-bond donors (Lipinski definition) is 0. The molecule has 3 heterocycles. The number of amides is 1. The van der Waals surface area contributed by atoms with Crippen LogP contribution in [0.3, 0.4) is 0 Å². The number of rotatable bonds is 2. The zero-order valence-corrected chi connectivity index (χ0v) is 15.4. The predicted molar refractivity (Wildman–Crippen MR) is 98.7 cm³/mol. The molecule has 0 bridgehead atoms. The fourth-order valence-electron chi connectivity index (χ4n) is 4.47. The highest BCUT2D eigenvalue weighted by Gasteiger charge is 2.47. The molecule has 2 aliphatic rings. The van der Waals surface area contributed by atoms with E-state index in [4.69, 9.17) is 0 Å². The zero-order valence-electron chi connectivity index (χ0n) is 14.6. The lowest BCUT2D eigenvalue weighted by atomic mass is 9.86. The Balaban J connectivity index is 1.67. The average Bonchev–Trinajstić information content (AvgIpc) is 3.20. The summed E-state index contributed by atoms with van der Waals surface area (Å²) in [5.74, 6) is 0.172. The van der Waals surface area contributed by atoms with Crippen LogP contribution in [-0.2, 0) is 0 Å². The minimum Gasteiger partial charge on any atom is -0.333 e. The molecule has 2 aliphatic heterocycles. The number of benzene rings is 1. The summed E-state index contributed by atoms with van der Waals surface area (Å²) in [6, 6.07) is 11.3. The molecule has 0 unspecified atom stereocenters. The SMILES string of the molecule is Cc1ccc(C(=O)N2C[C@H](c3ccc(F)cc3)[C@@H]3[C@H]2CCCN3C)s1. The largest absolute Gasteiger partial charge is 0.333 e. The molecule has 1 amide bonds. The van der Waals surface area contributed by atoms with Crippen molar-refractivity contribution in [1.82, 2.24) is 9.80 Å². The van der Waals surface area contributed by atoms with Gasteiger partial charge in [0.1, 0.15) is 5.82 Å². The summed E-state index contributed by atoms with van der Waals surface area (Å²) in [4.78, 5) is 19.5. The number of hydrogen-bond acceptors (Lipinski definition) is 3. The van der Waals surface area contributed by atoms with Gasteiger partial charge in [-0.25, -0.2) is 4.39 Å². The number of carbonyl (C=O) groups excluding carboxylic acids is 1. The third kappa shape index (κ3) is 3.00. The van der Waals surface area contributed by atoms with Crippen molar-refractivity contribution in [2.24, 2.45) is 0 Å². The van der Waals surface area contributed by atoms with Crippen LogP contribution >= 0.6 is 11.3 Å². The standard InChI is InChI=1S/C20H23FN2OS/c1-13-5-10-18(25-13)20(24)23-12-16(14-6-8-15(21)9-7-14)19-17(23)4-3-11-22(19)2/h5-10,16-17,19H,3-4,11-12H2,1-2H3/t16-,17-,19-/m1/s1. The first-order valence-corrected chi connectivity index (χ1v) is 9.69. The summed E-state index contributed by atoms with van der Waals surface area (Å²) >= 11 is 1.57. The smallest absolute Gasteiger partial charge is 0.264 e. The lowest BCUT2D eigenvalue weighted by molar-refractivity contribution is 0.0633. The maximum atomic E-state index is 13.3. The quantitative estimate of drug-likeness (QED) is 0.813. The van der Waals surface area contributed by atoms with Crippen molar-refractivity contribution in [2.45, 2.75) is 37.8 Å². The molecule has 0 N–H and O–H groups in total. The number of likely N-dealkylation sites (tertiary alicyclic amines) is 2. The zero-order chi connectivity index (χ0) is 17.6. The van der Waals surface area contributed by atoms with Gasteiger partial charge in [-0.3, -0.25) is 4.79 Å². The number of piperidine rings is 1. The number of carbonyl (C=O) groups is 1. The molecular formula is C20H23FN2OS. The van der Waals surface area contributed by atoms with Crippen molar-refractivity contribution < 1.29 is 9.18 Å². The molecule has 2 fully saturated rings. The monoisotopic (exact) mass is 358 g/mol. The van der Waals surface area contributed by atoms with Gasteiger partial charge < -0.3 is 9.80 Å². The van der Waals surface area contributed by atoms with Crippen LogP contribution in [0.4, 0.5) is 4.39 Å². The molecule has 2 aromatic rings. The number of fused-ring (bicyclic) bond motifs is 1. The molecule has 1 aromatic carbocycles. The molecule has 25 heavy (non-hydrogen) atoms. The summed E-state index contributed by atoms with van der Waals surface area (Å²) in [5, 5.41) is 0. The molecule has 0 saturated carbocycles. The maximum Gasteiger partial charge on any atom is 0.264 e. The fourth-order valence-corrected chi connectivity index (χ4v) is 5.29. The summed E-state index contributed by atoms with van der Waals surface area (Å²) < 4.78 is 13.3. The summed E-state index contributed by atoms with van der Waals surface area (Å²) in [5.41, 5.74) is 1.13. The van der Waals surface area contributed by atoms with Gasteiger partial charge >= 0.3 is 0 Å². The predicted octanol–water partition coefficient (Wildman–Crippen LogP) is 3.90. The second kappa shape index (κ2) is 6.54. The van der Waals surface area contributed by atoms with Crippen LogP contribution in [0.1, 0.15) is 38.9 Å². The Bertz CT molecular complexity index is 772. The topological polar surface area (TPSA) is 23.6 Å². The van der Waals surface area contributed by atoms with Gasteiger partial charge in [-0.1, -0.05) is 12.1 Å². The minimum atomic E-state index is -0.211. The second-order valence-corrected chi connectivity index (χ2v) is 8.49. The van der Waals surface area contributed by atoms with E-state index in [1.54, 1.807) is 11.3 Å². The van der Waals surface area contributed by atoms with E-state index in [1.807, 2.05) is 31.2 Å². The molecule has 132 valence electrons. The first kappa shape index (κ1) is 16.7. The highest BCUT2D eigenvalue weighted by Crippen LogP contribution is 2.40. The molecule has 0 spiro atoms. The molecule has 3 nitrogen and oxygen atoms in total. The van der Waals surface area contributed by atoms with Crippen molar-refractivity contribution in [3.8, 4) is 0 Å². The molecule has 3 atom stereocenters. The van der Waals surface area contributed by atoms with Crippen LogP contribution in [-0.4, -0.2) is 47.9 Å². The Labute approximate surface area is 152 Å². The van der Waals surface area contributed by atoms with Gasteiger partial charge in [-0.2, -0.15) is 0 Å². The van der Waals surface area contributed by atoms with E-state index >= 15 is 0 Å². The summed E-state index contributed by atoms with van der Waals surface area (Å²) in [7, 11) is 2.15. The van der Waals surface area contributed by atoms with E-state index in [0.29, 0.717) is 12.6 Å². The minimum absolute atomic E-state index is 0.146. The van der Waals surface area contributed by atoms with Crippen LogP contribution in [0.25, 0.3) is 0 Å². The third-order valence-electron chi connectivity index (χ3n) is 5.63. The van der Waals surface area contributed by atoms with E-state index < -0.39 is 0 Å². The molecule has 5 heteroatoms. The van der Waals surface area contributed by atoms with Crippen molar-refractivity contribution >= 4 is 17.2 Å². The lowest BCUT2D eigenvalue weighted by Gasteiger charge is -2.39. The highest BCUT2D eigenvalue weighted by molar-refractivity contribution is 7.13. The second-order valence-electron chi connectivity index (χ2n) is 7.21. The van der Waals surface area contributed by atoms with Crippen LogP contribution in [0.2, 0.25) is 0 Å². The van der Waals surface area contributed by atoms with Crippen molar-refractivity contribution in [2.75, 3.05) is 20.1 Å². The van der Waals surface area contributed by atoms with E-state index in [-0.39, 0.29) is 23.7 Å². The number of likely N-dealkylation sites (N-methyl/N-ethyl adjacent to an activating group) is 1. The van der Waals surface area contributed by atoms with E-state index in [1.165, 1.54) is 12.1 Å². The summed E-state index contributed by atoms with van der Waals surface area (Å²) in [6.07, 6.45) is 2.16. The first-order chi connectivity index (χ1) is 12.0. The first-order valence-electron chi connectivity index (χ1n) is 8.87. The molecular weight excluding hydrogens is 335 g/mol. The average molecular weight is 358 g/mol. The van der Waals surface area contributed by atoms with Crippen LogP contribution in [0.15, 0.2) is 36.4 Å². The van der Waals surface area contributed by atoms with Crippen molar-refractivity contribution in [3.63, 3.8) is 0 Å². The van der Waals surface area contributed by atoms with Gasteiger partial charge in [-0.05, 0) is 63.2 Å². The third-order valence-corrected chi connectivity index (χ3v) is 6.62. The Morgan fingerprint density at radius 3 is 2.64 bits per heavy atom. The number of halogens is 1. The Morgan fingerprint density at radius 1 is 1.20 bits per heavy atom. The van der Waals surface area contributed by atoms with Gasteiger partial charge in [0.2, 0.25) is 0 Å². The normalized spacial score (nSPS) is 26.7. The Hall–Kier alpha value is -1.72. The van der Waals surface area contributed by atoms with Gasteiger partial charge in [-0.15, -0.1) is 11.3 Å². The van der Waals surface area contributed by atoms with Crippen LogP contribution < -0.4 is 0 Å². The number of aryl methyl sites for hydroxylation is 1. The van der Waals surface area contributed by atoms with Gasteiger partial charge in [0.25, 0.3) is 5.91 Å².